The van der Waals surface area contributed by atoms with E-state index in [1.165, 1.54) is 23.1 Å². The van der Waals surface area contributed by atoms with Gasteiger partial charge in [-0.15, -0.1) is 0 Å². The standard InChI is InChI=1S/C13H9.C5H5.C3H6.2ClH.Hf/c1-3-7-12-10(5-1)9-11-6-2-4-8-13(11)12;1-2-4-5-3-1;1-3-2;;;/h1-5,7-8H,9H2;1-3H,4H2;1-2H3;2*1H;/q;;;;;+2/p-2. The average molecular weight is 522 g/mol. The van der Waals surface area contributed by atoms with E-state index in [1.807, 2.05) is 0 Å². The van der Waals surface area contributed by atoms with E-state index >= 15 is 0 Å². The smallest absolute Gasteiger partial charge is 1.00 e. The van der Waals surface area contributed by atoms with Crippen LogP contribution in [0, 0.1) is 0 Å². The number of benzene rings is 2. The fourth-order valence-electron chi connectivity index (χ4n) is 3.79. The number of hydrogen-bond donors (Lipinski definition) is 0. The van der Waals surface area contributed by atoms with E-state index in [0.29, 0.717) is 0 Å². The van der Waals surface area contributed by atoms with Gasteiger partial charge in [0.1, 0.15) is 0 Å². The van der Waals surface area contributed by atoms with Gasteiger partial charge in [0.15, 0.2) is 0 Å². The second kappa shape index (κ2) is 8.08. The van der Waals surface area contributed by atoms with E-state index in [9.17, 15) is 0 Å². The molecule has 0 unspecified atom stereocenters. The molecule has 122 valence electrons. The largest absolute Gasteiger partial charge is 1.00 e. The first kappa shape index (κ1) is 19.6. The summed E-state index contributed by atoms with van der Waals surface area (Å²) in [5.41, 5.74) is 6.07. The van der Waals surface area contributed by atoms with Gasteiger partial charge in [-0.05, 0) is 0 Å². The van der Waals surface area contributed by atoms with Crippen molar-refractivity contribution in [2.45, 2.75) is 26.7 Å². The maximum Gasteiger partial charge on any atom is -1.00 e. The van der Waals surface area contributed by atoms with E-state index in [1.54, 1.807) is 15.5 Å². The molecule has 0 N–H and O–H groups in total. The third-order valence-electron chi connectivity index (χ3n) is 4.71. The Balaban J connectivity index is 0.00000104. The van der Waals surface area contributed by atoms with Crippen molar-refractivity contribution in [1.82, 2.24) is 0 Å². The van der Waals surface area contributed by atoms with E-state index in [4.69, 9.17) is 0 Å². The molecule has 4 rings (SSSR count). The molecule has 0 bridgehead atoms. The van der Waals surface area contributed by atoms with E-state index < -0.39 is 21.0 Å². The number of halogens is 2. The molecule has 2 aliphatic rings. The summed E-state index contributed by atoms with van der Waals surface area (Å²) in [4.78, 5) is 0. The fraction of sp³-hybridized carbons (Fsp3) is 0.190. The molecule has 2 aromatic carbocycles. The van der Waals surface area contributed by atoms with Gasteiger partial charge in [-0.3, -0.25) is 0 Å². The predicted molar refractivity (Wildman–Crippen MR) is 92.5 cm³/mol. The molecule has 0 saturated carbocycles. The topological polar surface area (TPSA) is 0 Å². The van der Waals surface area contributed by atoms with Gasteiger partial charge in [0.2, 0.25) is 0 Å². The zero-order valence-corrected chi connectivity index (χ0v) is 19.0. The molecule has 0 saturated heterocycles. The Bertz CT molecular complexity index is 856. The fourth-order valence-corrected chi connectivity index (χ4v) is 14.2. The van der Waals surface area contributed by atoms with Crippen molar-refractivity contribution in [2.24, 2.45) is 0 Å². The molecule has 24 heavy (non-hydrogen) atoms. The van der Waals surface area contributed by atoms with Gasteiger partial charge in [0.05, 0.1) is 0 Å². The zero-order chi connectivity index (χ0) is 15.1. The third-order valence-corrected chi connectivity index (χ3v) is 15.6. The first-order valence-corrected chi connectivity index (χ1v) is 13.4. The summed E-state index contributed by atoms with van der Waals surface area (Å²) in [6.07, 6.45) is 9.28. The molecule has 0 amide bonds. The molecule has 0 aliphatic heterocycles. The summed E-state index contributed by atoms with van der Waals surface area (Å²) in [6.45, 7) is 4.73. The quantitative estimate of drug-likeness (QED) is 0.363. The summed E-state index contributed by atoms with van der Waals surface area (Å²) in [7, 11) is 0. The minimum atomic E-state index is -2.05. The predicted octanol–water partition coefficient (Wildman–Crippen LogP) is -1.43. The van der Waals surface area contributed by atoms with Crippen LogP contribution in [0.15, 0.2) is 64.0 Å². The number of rotatable bonds is 2. The monoisotopic (exact) mass is 522 g/mol. The minimum Gasteiger partial charge on any atom is -1.00 e. The van der Waals surface area contributed by atoms with Crippen LogP contribution in [0.25, 0.3) is 11.1 Å². The Morgan fingerprint density at radius 2 is 1.67 bits per heavy atom. The molecule has 0 nitrogen and oxygen atoms in total. The van der Waals surface area contributed by atoms with Crippen molar-refractivity contribution in [3.05, 3.63) is 75.1 Å². The summed E-state index contributed by atoms with van der Waals surface area (Å²) >= 11 is -2.05. The van der Waals surface area contributed by atoms with Crippen LogP contribution >= 0.6 is 0 Å². The Morgan fingerprint density at radius 1 is 0.917 bits per heavy atom. The first-order valence-electron chi connectivity index (χ1n) is 8.00. The van der Waals surface area contributed by atoms with Crippen LogP contribution in [0.1, 0.15) is 31.4 Å². The molecule has 0 heterocycles. The Morgan fingerprint density at radius 3 is 2.38 bits per heavy atom. The molecular formula is C21H20Cl2Hf. The van der Waals surface area contributed by atoms with Crippen LogP contribution < -0.4 is 28.1 Å². The van der Waals surface area contributed by atoms with Crippen molar-refractivity contribution in [1.29, 1.82) is 0 Å². The zero-order valence-electron chi connectivity index (χ0n) is 13.9. The number of hydrogen-bond acceptors (Lipinski definition) is 0. The summed E-state index contributed by atoms with van der Waals surface area (Å²) in [5.74, 6) is 0. The van der Waals surface area contributed by atoms with Crippen LogP contribution in [0.3, 0.4) is 0 Å². The maximum atomic E-state index is 2.43. The normalized spacial score (nSPS) is 13.0. The molecule has 0 aromatic heterocycles. The van der Waals surface area contributed by atoms with Gasteiger partial charge in [-0.1, -0.05) is 0 Å². The minimum absolute atomic E-state index is 0. The summed E-state index contributed by atoms with van der Waals surface area (Å²) < 4.78 is 5.16. The van der Waals surface area contributed by atoms with E-state index in [0.717, 1.165) is 6.42 Å². The Hall–Kier alpha value is -0.760. The van der Waals surface area contributed by atoms with Crippen LogP contribution in [-0.2, 0) is 27.4 Å². The van der Waals surface area contributed by atoms with Gasteiger partial charge in [-0.25, -0.2) is 0 Å². The first-order chi connectivity index (χ1) is 10.8. The molecule has 0 atom stereocenters. The van der Waals surface area contributed by atoms with E-state index in [-0.39, 0.29) is 24.8 Å². The third kappa shape index (κ3) is 3.31. The molecule has 0 fully saturated rings. The van der Waals surface area contributed by atoms with Crippen LogP contribution in [0.4, 0.5) is 0 Å². The molecular weight excluding hydrogens is 502 g/mol. The summed E-state index contributed by atoms with van der Waals surface area (Å²) in [5, 5.41) is 0. The van der Waals surface area contributed by atoms with Crippen LogP contribution in [0.5, 0.6) is 0 Å². The molecule has 0 spiro atoms. The summed E-state index contributed by atoms with van der Waals surface area (Å²) in [6, 6.07) is 16.0. The van der Waals surface area contributed by atoms with Crippen molar-refractivity contribution < 1.29 is 45.8 Å². The van der Waals surface area contributed by atoms with Crippen LogP contribution in [-0.4, -0.2) is 3.26 Å². The molecule has 2 aromatic rings. The average Bonchev–Trinajstić information content (AvgIpc) is 3.15. The SMILES string of the molecule is C[C](C)=[Hf+2]([C]1=CC=CC1)[c]1cccc2c1Cc1ccccc1-2.[Cl-].[Cl-]. The Labute approximate surface area is 164 Å². The molecule has 3 heteroatoms. The number of fused-ring (bicyclic) bond motifs is 3. The second-order valence-corrected chi connectivity index (χ2v) is 16.9. The molecule has 0 radical (unpaired) electrons. The van der Waals surface area contributed by atoms with Gasteiger partial charge >= 0.3 is 140 Å². The second-order valence-electron chi connectivity index (χ2n) is 6.36. The van der Waals surface area contributed by atoms with Gasteiger partial charge in [0, 0.05) is 0 Å². The molecule has 2 aliphatic carbocycles. The van der Waals surface area contributed by atoms with Gasteiger partial charge in [-0.2, -0.15) is 0 Å². The Kier molecular flexibility index (Phi) is 6.59. The van der Waals surface area contributed by atoms with Crippen molar-refractivity contribution >= 4 is 6.58 Å². The van der Waals surface area contributed by atoms with Crippen molar-refractivity contribution in [3.8, 4) is 11.1 Å². The van der Waals surface area contributed by atoms with Gasteiger partial charge < -0.3 is 24.8 Å². The van der Waals surface area contributed by atoms with E-state index in [2.05, 4.69) is 74.5 Å². The number of allylic oxidation sites excluding steroid dienone is 4. The maximum absolute atomic E-state index is 2.43. The van der Waals surface area contributed by atoms with Crippen molar-refractivity contribution in [2.75, 3.05) is 0 Å². The van der Waals surface area contributed by atoms with Crippen LogP contribution in [0.2, 0.25) is 0 Å². The van der Waals surface area contributed by atoms with Crippen molar-refractivity contribution in [3.63, 3.8) is 0 Å². The van der Waals surface area contributed by atoms with Gasteiger partial charge in [0.25, 0.3) is 0 Å².